The normalized spacial score (nSPS) is 17.0. The Balaban J connectivity index is 2.01. The Morgan fingerprint density at radius 2 is 2.12 bits per heavy atom. The van der Waals surface area contributed by atoms with Crippen molar-refractivity contribution in [1.82, 2.24) is 4.98 Å². The molecule has 0 radical (unpaired) electrons. The summed E-state index contributed by atoms with van der Waals surface area (Å²) in [7, 11) is 0. The summed E-state index contributed by atoms with van der Waals surface area (Å²) in [6.45, 7) is 2.25. The van der Waals surface area contributed by atoms with Crippen LogP contribution in [0.1, 0.15) is 19.8 Å². The van der Waals surface area contributed by atoms with Gasteiger partial charge in [0.2, 0.25) is 0 Å². The average Bonchev–Trinajstić information content (AvgIpc) is 3.17. The van der Waals surface area contributed by atoms with Crippen LogP contribution in [0.5, 0.6) is 0 Å². The Labute approximate surface area is 101 Å². The molecule has 1 aliphatic carbocycles. The number of nitrogens with zero attached hydrogens (tertiary/aromatic N) is 1. The van der Waals surface area contributed by atoms with E-state index in [9.17, 15) is 0 Å². The van der Waals surface area contributed by atoms with Gasteiger partial charge in [-0.1, -0.05) is 0 Å². The molecule has 0 saturated heterocycles. The van der Waals surface area contributed by atoms with Gasteiger partial charge in [0, 0.05) is 40.6 Å². The zero-order valence-electron chi connectivity index (χ0n) is 9.98. The summed E-state index contributed by atoms with van der Waals surface area (Å²) >= 11 is 0. The first-order valence-corrected chi connectivity index (χ1v) is 6.14. The van der Waals surface area contributed by atoms with Crippen LogP contribution in [-0.4, -0.2) is 11.0 Å². The minimum atomic E-state index is 0.537. The third-order valence-corrected chi connectivity index (χ3v) is 3.56. The molecule has 2 aromatic rings. The first-order chi connectivity index (χ1) is 8.25. The van der Waals surface area contributed by atoms with Gasteiger partial charge in [-0.3, -0.25) is 4.98 Å². The van der Waals surface area contributed by atoms with E-state index in [-0.39, 0.29) is 0 Å². The van der Waals surface area contributed by atoms with Gasteiger partial charge in [0.05, 0.1) is 0 Å². The molecule has 1 fully saturated rings. The highest BCUT2D eigenvalue weighted by Crippen LogP contribution is 2.35. The second-order valence-corrected chi connectivity index (χ2v) is 4.89. The number of rotatable bonds is 3. The van der Waals surface area contributed by atoms with Crippen molar-refractivity contribution in [1.29, 1.82) is 0 Å². The number of benzene rings is 1. The number of nitrogen functional groups attached to an aromatic ring is 1. The standard InChI is InChI=1S/C14H17N3/c1-9(10-2-3-10)17-14-5-4-13(15)12-8-16-7-6-11(12)14/h4-10,17H,2-3,15H2,1H3. The molecule has 1 aromatic heterocycles. The largest absolute Gasteiger partial charge is 0.398 e. The molecule has 3 rings (SSSR count). The van der Waals surface area contributed by atoms with Crippen LogP contribution in [0.15, 0.2) is 30.6 Å². The Kier molecular flexibility index (Phi) is 2.39. The Morgan fingerprint density at radius 1 is 1.29 bits per heavy atom. The van der Waals surface area contributed by atoms with Gasteiger partial charge < -0.3 is 11.1 Å². The number of fused-ring (bicyclic) bond motifs is 1. The van der Waals surface area contributed by atoms with Gasteiger partial charge in [0.25, 0.3) is 0 Å². The SMILES string of the molecule is CC(Nc1ccc(N)c2cnccc12)C1CC1. The molecule has 1 aromatic carbocycles. The quantitative estimate of drug-likeness (QED) is 0.792. The van der Waals surface area contributed by atoms with E-state index in [2.05, 4.69) is 23.3 Å². The van der Waals surface area contributed by atoms with E-state index in [0.29, 0.717) is 6.04 Å². The molecular formula is C14H17N3. The van der Waals surface area contributed by atoms with Crippen LogP contribution in [0.2, 0.25) is 0 Å². The third kappa shape index (κ3) is 1.93. The predicted molar refractivity (Wildman–Crippen MR) is 72.0 cm³/mol. The summed E-state index contributed by atoms with van der Waals surface area (Å²) in [5.74, 6) is 0.837. The molecule has 1 saturated carbocycles. The minimum Gasteiger partial charge on any atom is -0.398 e. The molecule has 88 valence electrons. The molecule has 0 bridgehead atoms. The van der Waals surface area contributed by atoms with E-state index in [4.69, 9.17) is 5.73 Å². The molecule has 1 unspecified atom stereocenters. The number of nitrogens with one attached hydrogen (secondary N) is 1. The van der Waals surface area contributed by atoms with Crippen LogP contribution in [0.3, 0.4) is 0 Å². The highest BCUT2D eigenvalue weighted by Gasteiger charge is 2.27. The molecule has 1 atom stereocenters. The highest BCUT2D eigenvalue weighted by molar-refractivity contribution is 6.00. The van der Waals surface area contributed by atoms with Crippen LogP contribution in [0.25, 0.3) is 10.8 Å². The predicted octanol–water partition coefficient (Wildman–Crippen LogP) is 3.03. The number of pyridine rings is 1. The van der Waals surface area contributed by atoms with Gasteiger partial charge in [-0.05, 0) is 43.9 Å². The van der Waals surface area contributed by atoms with Gasteiger partial charge in [0.15, 0.2) is 0 Å². The van der Waals surface area contributed by atoms with Crippen molar-refractivity contribution in [2.75, 3.05) is 11.1 Å². The summed E-state index contributed by atoms with van der Waals surface area (Å²) in [4.78, 5) is 4.13. The first kappa shape index (κ1) is 10.4. The number of nitrogens with two attached hydrogens (primary N) is 1. The fraction of sp³-hybridized carbons (Fsp3) is 0.357. The minimum absolute atomic E-state index is 0.537. The van der Waals surface area contributed by atoms with Crippen molar-refractivity contribution in [3.05, 3.63) is 30.6 Å². The Bertz CT molecular complexity index is 546. The summed E-state index contributed by atoms with van der Waals surface area (Å²) in [5, 5.41) is 5.78. The summed E-state index contributed by atoms with van der Waals surface area (Å²) < 4.78 is 0. The second kappa shape index (κ2) is 3.91. The lowest BCUT2D eigenvalue weighted by atomic mass is 10.1. The maximum atomic E-state index is 5.96. The fourth-order valence-electron chi connectivity index (χ4n) is 2.30. The topological polar surface area (TPSA) is 50.9 Å². The molecule has 3 nitrogen and oxygen atoms in total. The van der Waals surface area contributed by atoms with Crippen molar-refractivity contribution in [2.45, 2.75) is 25.8 Å². The van der Waals surface area contributed by atoms with Crippen molar-refractivity contribution < 1.29 is 0 Å². The lowest BCUT2D eigenvalue weighted by Gasteiger charge is -2.16. The van der Waals surface area contributed by atoms with Gasteiger partial charge in [-0.2, -0.15) is 0 Å². The van der Waals surface area contributed by atoms with Crippen LogP contribution in [0, 0.1) is 5.92 Å². The molecule has 3 heteroatoms. The Hall–Kier alpha value is -1.77. The zero-order valence-corrected chi connectivity index (χ0v) is 9.98. The summed E-state index contributed by atoms with van der Waals surface area (Å²) in [5.41, 5.74) is 7.91. The molecule has 0 aliphatic heterocycles. The molecule has 0 spiro atoms. The van der Waals surface area contributed by atoms with Crippen LogP contribution < -0.4 is 11.1 Å². The molecule has 1 heterocycles. The number of aromatic nitrogens is 1. The van der Waals surface area contributed by atoms with E-state index < -0.39 is 0 Å². The maximum Gasteiger partial charge on any atom is 0.0424 e. The van der Waals surface area contributed by atoms with Gasteiger partial charge in [0.1, 0.15) is 0 Å². The van der Waals surface area contributed by atoms with E-state index >= 15 is 0 Å². The fourth-order valence-corrected chi connectivity index (χ4v) is 2.30. The average molecular weight is 227 g/mol. The lowest BCUT2D eigenvalue weighted by molar-refractivity contribution is 0.695. The second-order valence-electron chi connectivity index (χ2n) is 4.89. The number of hydrogen-bond donors (Lipinski definition) is 2. The van der Waals surface area contributed by atoms with E-state index in [1.54, 1.807) is 0 Å². The van der Waals surface area contributed by atoms with Crippen molar-refractivity contribution in [2.24, 2.45) is 5.92 Å². The van der Waals surface area contributed by atoms with Crippen molar-refractivity contribution in [3.8, 4) is 0 Å². The van der Waals surface area contributed by atoms with E-state index in [0.717, 1.165) is 28.1 Å². The van der Waals surface area contributed by atoms with Gasteiger partial charge >= 0.3 is 0 Å². The van der Waals surface area contributed by atoms with Crippen molar-refractivity contribution >= 4 is 22.1 Å². The Morgan fingerprint density at radius 3 is 2.88 bits per heavy atom. The van der Waals surface area contributed by atoms with Crippen LogP contribution in [-0.2, 0) is 0 Å². The molecule has 3 N–H and O–H groups in total. The summed E-state index contributed by atoms with van der Waals surface area (Å²) in [6.07, 6.45) is 6.34. The van der Waals surface area contributed by atoms with Crippen LogP contribution in [0.4, 0.5) is 11.4 Å². The lowest BCUT2D eigenvalue weighted by Crippen LogP contribution is -2.17. The van der Waals surface area contributed by atoms with Crippen LogP contribution >= 0.6 is 0 Å². The molecular weight excluding hydrogens is 210 g/mol. The number of hydrogen-bond acceptors (Lipinski definition) is 3. The highest BCUT2D eigenvalue weighted by atomic mass is 14.9. The number of anilines is 2. The van der Waals surface area contributed by atoms with E-state index in [1.807, 2.05) is 24.5 Å². The third-order valence-electron chi connectivity index (χ3n) is 3.56. The smallest absolute Gasteiger partial charge is 0.0424 e. The van der Waals surface area contributed by atoms with E-state index in [1.165, 1.54) is 12.8 Å². The molecule has 0 amide bonds. The zero-order chi connectivity index (χ0) is 11.8. The molecule has 17 heavy (non-hydrogen) atoms. The monoisotopic (exact) mass is 227 g/mol. The first-order valence-electron chi connectivity index (χ1n) is 6.14. The molecule has 1 aliphatic rings. The summed E-state index contributed by atoms with van der Waals surface area (Å²) in [6, 6.07) is 6.57. The van der Waals surface area contributed by atoms with Crippen molar-refractivity contribution in [3.63, 3.8) is 0 Å². The van der Waals surface area contributed by atoms with Gasteiger partial charge in [-0.15, -0.1) is 0 Å². The maximum absolute atomic E-state index is 5.96. The van der Waals surface area contributed by atoms with Gasteiger partial charge in [-0.25, -0.2) is 0 Å².